The number of pyridine rings is 1. The molecule has 1 aliphatic heterocycles. The molecule has 1 saturated heterocycles. The molecule has 6 nitrogen and oxygen atoms in total. The number of fused-ring (bicyclic) bond motifs is 1. The number of hydrogen-bond donors (Lipinski definition) is 1. The van der Waals surface area contributed by atoms with E-state index in [0.717, 1.165) is 34.6 Å². The molecule has 4 aromatic rings. The van der Waals surface area contributed by atoms with E-state index in [2.05, 4.69) is 10.3 Å². The lowest BCUT2D eigenvalue weighted by atomic mass is 10.1. The summed E-state index contributed by atoms with van der Waals surface area (Å²) in [5.74, 6) is 0.281. The Morgan fingerprint density at radius 2 is 1.97 bits per heavy atom. The number of nitrogens with zero attached hydrogens (tertiary/aromatic N) is 3. The standard InChI is InChI=1S/C24H22N4O2S/c29-23(26-15-17-8-11-27-13-10-25-22(27)14-17)21-7-6-20(31-21)19-9-12-28(16-19)24(30)18-4-2-1-3-5-18/h1-8,10-11,13-14,19H,9,12,15-16H2,(H,26,29). The third-order valence-electron chi connectivity index (χ3n) is 5.66. The van der Waals surface area contributed by atoms with Crippen molar-refractivity contribution in [2.45, 2.75) is 18.9 Å². The molecule has 5 rings (SSSR count). The highest BCUT2D eigenvalue weighted by Crippen LogP contribution is 2.33. The second-order valence-corrected chi connectivity index (χ2v) is 8.83. The predicted octanol–water partition coefficient (Wildman–Crippen LogP) is 3.96. The number of amides is 2. The van der Waals surface area contributed by atoms with E-state index in [1.54, 1.807) is 6.20 Å². The number of nitrogens with one attached hydrogen (secondary N) is 1. The number of carbonyl (C=O) groups excluding carboxylic acids is 2. The highest BCUT2D eigenvalue weighted by Gasteiger charge is 2.29. The van der Waals surface area contributed by atoms with Crippen LogP contribution in [0.1, 0.15) is 42.8 Å². The molecule has 0 radical (unpaired) electrons. The first-order valence-electron chi connectivity index (χ1n) is 10.3. The van der Waals surface area contributed by atoms with Gasteiger partial charge in [-0.25, -0.2) is 4.98 Å². The van der Waals surface area contributed by atoms with Gasteiger partial charge in [0, 0.05) is 54.6 Å². The van der Waals surface area contributed by atoms with Gasteiger partial charge in [-0.15, -0.1) is 11.3 Å². The summed E-state index contributed by atoms with van der Waals surface area (Å²) in [5.41, 5.74) is 2.60. The van der Waals surface area contributed by atoms with E-state index in [1.165, 1.54) is 11.3 Å². The van der Waals surface area contributed by atoms with Crippen LogP contribution in [0.15, 0.2) is 73.2 Å². The summed E-state index contributed by atoms with van der Waals surface area (Å²) in [6.45, 7) is 1.89. The molecule has 0 saturated carbocycles. The molecule has 1 N–H and O–H groups in total. The Bertz CT molecular complexity index is 1230. The Morgan fingerprint density at radius 1 is 1.10 bits per heavy atom. The van der Waals surface area contributed by atoms with Gasteiger partial charge in [-0.2, -0.15) is 0 Å². The molecule has 0 aliphatic carbocycles. The first kappa shape index (κ1) is 19.5. The van der Waals surface area contributed by atoms with Crippen molar-refractivity contribution in [3.05, 3.63) is 94.1 Å². The number of carbonyl (C=O) groups is 2. The van der Waals surface area contributed by atoms with Crippen LogP contribution < -0.4 is 5.32 Å². The molecular formula is C24H22N4O2S. The predicted molar refractivity (Wildman–Crippen MR) is 120 cm³/mol. The number of imidazole rings is 1. The minimum absolute atomic E-state index is 0.0744. The van der Waals surface area contributed by atoms with Gasteiger partial charge >= 0.3 is 0 Å². The Morgan fingerprint density at radius 3 is 2.84 bits per heavy atom. The molecule has 1 aromatic carbocycles. The molecule has 2 amide bonds. The van der Waals surface area contributed by atoms with Gasteiger partial charge in [0.25, 0.3) is 11.8 Å². The number of aromatic nitrogens is 2. The summed E-state index contributed by atoms with van der Waals surface area (Å²) < 4.78 is 1.93. The molecule has 1 atom stereocenters. The Balaban J connectivity index is 1.19. The van der Waals surface area contributed by atoms with Crippen LogP contribution in [0, 0.1) is 0 Å². The Kier molecular flexibility index (Phi) is 5.26. The van der Waals surface area contributed by atoms with Crippen molar-refractivity contribution in [1.82, 2.24) is 19.6 Å². The number of hydrogen-bond acceptors (Lipinski definition) is 4. The third kappa shape index (κ3) is 4.09. The fourth-order valence-electron chi connectivity index (χ4n) is 3.97. The van der Waals surface area contributed by atoms with E-state index >= 15 is 0 Å². The minimum Gasteiger partial charge on any atom is -0.347 e. The van der Waals surface area contributed by atoms with Gasteiger partial charge < -0.3 is 14.6 Å². The van der Waals surface area contributed by atoms with E-state index in [1.807, 2.05) is 76.3 Å². The maximum absolute atomic E-state index is 12.7. The average Bonchev–Trinajstić information content (AvgIpc) is 3.57. The van der Waals surface area contributed by atoms with E-state index in [9.17, 15) is 9.59 Å². The molecule has 3 aromatic heterocycles. The lowest BCUT2D eigenvalue weighted by Crippen LogP contribution is -2.28. The first-order chi connectivity index (χ1) is 15.2. The lowest BCUT2D eigenvalue weighted by Gasteiger charge is -2.16. The van der Waals surface area contributed by atoms with Gasteiger partial charge in [-0.1, -0.05) is 18.2 Å². The summed E-state index contributed by atoms with van der Waals surface area (Å²) in [4.78, 5) is 33.4. The molecule has 31 heavy (non-hydrogen) atoms. The van der Waals surface area contributed by atoms with Gasteiger partial charge in [0.15, 0.2) is 0 Å². The second kappa shape index (κ2) is 8.35. The van der Waals surface area contributed by atoms with Crippen molar-refractivity contribution in [3.8, 4) is 0 Å². The molecule has 1 fully saturated rings. The Hall–Kier alpha value is -3.45. The molecule has 1 unspecified atom stereocenters. The van der Waals surface area contributed by atoms with Gasteiger partial charge in [-0.05, 0) is 48.4 Å². The first-order valence-corrected chi connectivity index (χ1v) is 11.1. The van der Waals surface area contributed by atoms with E-state index < -0.39 is 0 Å². The van der Waals surface area contributed by atoms with Crippen molar-refractivity contribution in [3.63, 3.8) is 0 Å². The van der Waals surface area contributed by atoms with Crippen LogP contribution in [0.4, 0.5) is 0 Å². The molecule has 7 heteroatoms. The van der Waals surface area contributed by atoms with Crippen LogP contribution in [0.3, 0.4) is 0 Å². The molecular weight excluding hydrogens is 408 g/mol. The summed E-state index contributed by atoms with van der Waals surface area (Å²) in [5, 5.41) is 2.99. The molecule has 0 bridgehead atoms. The number of rotatable bonds is 5. The highest BCUT2D eigenvalue weighted by atomic mass is 32.1. The normalized spacial score (nSPS) is 16.0. The van der Waals surface area contributed by atoms with Crippen molar-refractivity contribution < 1.29 is 9.59 Å². The zero-order valence-corrected chi connectivity index (χ0v) is 17.7. The van der Waals surface area contributed by atoms with Gasteiger partial charge in [-0.3, -0.25) is 9.59 Å². The van der Waals surface area contributed by atoms with Gasteiger partial charge in [0.1, 0.15) is 5.65 Å². The van der Waals surface area contributed by atoms with Crippen molar-refractivity contribution >= 4 is 28.8 Å². The molecule has 4 heterocycles. The van der Waals surface area contributed by atoms with Crippen LogP contribution in [-0.2, 0) is 6.54 Å². The largest absolute Gasteiger partial charge is 0.347 e. The Labute approximate surface area is 184 Å². The lowest BCUT2D eigenvalue weighted by molar-refractivity contribution is 0.0790. The molecule has 1 aliphatic rings. The van der Waals surface area contributed by atoms with Crippen LogP contribution in [0.2, 0.25) is 0 Å². The van der Waals surface area contributed by atoms with Crippen LogP contribution in [0.25, 0.3) is 5.65 Å². The summed E-state index contributed by atoms with van der Waals surface area (Å²) in [7, 11) is 0. The number of benzene rings is 1. The van der Waals surface area contributed by atoms with Crippen LogP contribution in [-0.4, -0.2) is 39.2 Å². The van der Waals surface area contributed by atoms with Gasteiger partial charge in [0.05, 0.1) is 4.88 Å². The number of likely N-dealkylation sites (tertiary alicyclic amines) is 1. The van der Waals surface area contributed by atoms with E-state index in [-0.39, 0.29) is 17.7 Å². The maximum atomic E-state index is 12.7. The quantitative estimate of drug-likeness (QED) is 0.521. The minimum atomic E-state index is -0.0744. The third-order valence-corrected chi connectivity index (χ3v) is 6.91. The fourth-order valence-corrected chi connectivity index (χ4v) is 5.02. The van der Waals surface area contributed by atoms with Crippen molar-refractivity contribution in [2.24, 2.45) is 0 Å². The van der Waals surface area contributed by atoms with E-state index in [4.69, 9.17) is 0 Å². The van der Waals surface area contributed by atoms with Crippen molar-refractivity contribution in [2.75, 3.05) is 13.1 Å². The van der Waals surface area contributed by atoms with Crippen LogP contribution >= 0.6 is 11.3 Å². The molecule has 0 spiro atoms. The van der Waals surface area contributed by atoms with Crippen LogP contribution in [0.5, 0.6) is 0 Å². The molecule has 156 valence electrons. The SMILES string of the molecule is O=C(NCc1ccn2ccnc2c1)c1ccc(C2CCN(C(=O)c3ccccc3)C2)s1. The fraction of sp³-hybridized carbons (Fsp3) is 0.208. The second-order valence-electron chi connectivity index (χ2n) is 7.72. The summed E-state index contributed by atoms with van der Waals surface area (Å²) in [6, 6.07) is 17.3. The number of thiophene rings is 1. The maximum Gasteiger partial charge on any atom is 0.261 e. The monoisotopic (exact) mass is 430 g/mol. The zero-order valence-electron chi connectivity index (χ0n) is 16.9. The highest BCUT2D eigenvalue weighted by molar-refractivity contribution is 7.14. The van der Waals surface area contributed by atoms with Gasteiger partial charge in [0.2, 0.25) is 0 Å². The zero-order chi connectivity index (χ0) is 21.2. The summed E-state index contributed by atoms with van der Waals surface area (Å²) in [6.07, 6.45) is 6.50. The summed E-state index contributed by atoms with van der Waals surface area (Å²) >= 11 is 1.52. The van der Waals surface area contributed by atoms with E-state index in [0.29, 0.717) is 18.0 Å². The average molecular weight is 431 g/mol. The topological polar surface area (TPSA) is 66.7 Å². The van der Waals surface area contributed by atoms with Crippen molar-refractivity contribution in [1.29, 1.82) is 0 Å². The smallest absolute Gasteiger partial charge is 0.261 e.